The second kappa shape index (κ2) is 5.32. The number of hydrogen-bond donors (Lipinski definition) is 4. The maximum atomic E-state index is 11.5. The van der Waals surface area contributed by atoms with Crippen molar-refractivity contribution < 1.29 is 4.79 Å². The Morgan fingerprint density at radius 2 is 2.25 bits per heavy atom. The van der Waals surface area contributed by atoms with E-state index in [0.29, 0.717) is 30.5 Å². The molecule has 8 nitrogen and oxygen atoms in total. The van der Waals surface area contributed by atoms with Crippen molar-refractivity contribution in [3.05, 3.63) is 6.33 Å². The number of aromatic nitrogens is 4. The molecule has 1 amide bonds. The molecule has 0 bridgehead atoms. The summed E-state index contributed by atoms with van der Waals surface area (Å²) in [6.07, 6.45) is 3.62. The first-order chi connectivity index (χ1) is 9.78. The quantitative estimate of drug-likeness (QED) is 0.566. The normalized spacial score (nSPS) is 14.2. The van der Waals surface area contributed by atoms with Gasteiger partial charge in [-0.3, -0.25) is 4.79 Å². The van der Waals surface area contributed by atoms with Gasteiger partial charge in [-0.05, 0) is 12.8 Å². The van der Waals surface area contributed by atoms with Gasteiger partial charge in [0.25, 0.3) is 0 Å². The molecule has 0 spiro atoms. The van der Waals surface area contributed by atoms with Gasteiger partial charge < -0.3 is 20.9 Å². The largest absolute Gasteiger partial charge is 0.366 e. The Balaban J connectivity index is 1.61. The highest BCUT2D eigenvalue weighted by molar-refractivity contribution is 5.83. The molecule has 1 aliphatic carbocycles. The smallest absolute Gasteiger partial charge is 0.226 e. The molecule has 3 rings (SSSR count). The van der Waals surface area contributed by atoms with Gasteiger partial charge in [0.2, 0.25) is 11.9 Å². The van der Waals surface area contributed by atoms with Gasteiger partial charge >= 0.3 is 0 Å². The van der Waals surface area contributed by atoms with E-state index in [1.807, 2.05) is 0 Å². The molecule has 2 aromatic heterocycles. The molecular formula is C12H17N7O. The summed E-state index contributed by atoms with van der Waals surface area (Å²) < 4.78 is 0. The Bertz CT molecular complexity index is 619. The Morgan fingerprint density at radius 3 is 3.00 bits per heavy atom. The fraction of sp³-hybridized carbons (Fsp3) is 0.500. The molecule has 4 N–H and O–H groups in total. The van der Waals surface area contributed by atoms with E-state index in [4.69, 9.17) is 0 Å². The van der Waals surface area contributed by atoms with Crippen LogP contribution in [-0.4, -0.2) is 46.0 Å². The van der Waals surface area contributed by atoms with Gasteiger partial charge in [0.15, 0.2) is 11.5 Å². The van der Waals surface area contributed by atoms with Crippen LogP contribution < -0.4 is 16.0 Å². The number of rotatable bonds is 6. The maximum absolute atomic E-state index is 11.5. The van der Waals surface area contributed by atoms with Crippen LogP contribution >= 0.6 is 0 Å². The molecule has 2 heterocycles. The monoisotopic (exact) mass is 275 g/mol. The van der Waals surface area contributed by atoms with Crippen molar-refractivity contribution in [1.29, 1.82) is 0 Å². The van der Waals surface area contributed by atoms with Crippen LogP contribution in [0.3, 0.4) is 0 Å². The molecule has 106 valence electrons. The molecule has 1 fully saturated rings. The first-order valence-corrected chi connectivity index (χ1v) is 6.68. The molecule has 1 saturated carbocycles. The molecule has 20 heavy (non-hydrogen) atoms. The SMILES string of the molecule is CNc1nc(NCCNC(=O)C2CC2)c2[nH]cnc2n1. The number of nitrogens with zero attached hydrogens (tertiary/aromatic N) is 3. The highest BCUT2D eigenvalue weighted by Crippen LogP contribution is 2.28. The van der Waals surface area contributed by atoms with Gasteiger partial charge in [0.05, 0.1) is 6.33 Å². The van der Waals surface area contributed by atoms with E-state index in [1.54, 1.807) is 13.4 Å². The van der Waals surface area contributed by atoms with Crippen molar-refractivity contribution in [2.24, 2.45) is 5.92 Å². The van der Waals surface area contributed by atoms with Crippen LogP contribution in [0.2, 0.25) is 0 Å². The molecular weight excluding hydrogens is 258 g/mol. The zero-order chi connectivity index (χ0) is 13.9. The summed E-state index contributed by atoms with van der Waals surface area (Å²) in [5, 5.41) is 8.98. The molecule has 8 heteroatoms. The zero-order valence-electron chi connectivity index (χ0n) is 11.2. The van der Waals surface area contributed by atoms with Gasteiger partial charge in [0.1, 0.15) is 5.52 Å². The summed E-state index contributed by atoms with van der Waals surface area (Å²) in [7, 11) is 1.76. The highest BCUT2D eigenvalue weighted by atomic mass is 16.2. The van der Waals surface area contributed by atoms with E-state index < -0.39 is 0 Å². The van der Waals surface area contributed by atoms with Crippen molar-refractivity contribution in [2.75, 3.05) is 30.8 Å². The van der Waals surface area contributed by atoms with E-state index in [-0.39, 0.29) is 11.8 Å². The van der Waals surface area contributed by atoms with Gasteiger partial charge in [0, 0.05) is 26.1 Å². The van der Waals surface area contributed by atoms with Crippen molar-refractivity contribution in [3.8, 4) is 0 Å². The second-order valence-corrected chi connectivity index (χ2v) is 4.74. The number of carbonyl (C=O) groups is 1. The van der Waals surface area contributed by atoms with Crippen LogP contribution in [0.5, 0.6) is 0 Å². The lowest BCUT2D eigenvalue weighted by Gasteiger charge is -2.08. The van der Waals surface area contributed by atoms with E-state index in [2.05, 4.69) is 35.9 Å². The number of anilines is 2. The molecule has 2 aromatic rings. The topological polar surface area (TPSA) is 108 Å². The standard InChI is InChI=1S/C12H17N7O/c1-13-12-18-9(8-10(19-12)17-6-16-8)14-4-5-15-11(20)7-2-3-7/h6-7H,2-5H2,1H3,(H,15,20)(H3,13,14,16,17,18,19). The lowest BCUT2D eigenvalue weighted by atomic mass is 10.4. The molecule has 0 atom stereocenters. The van der Waals surface area contributed by atoms with Crippen LogP contribution in [0.1, 0.15) is 12.8 Å². The number of aromatic amines is 1. The molecule has 0 aliphatic heterocycles. The van der Waals surface area contributed by atoms with E-state index in [0.717, 1.165) is 18.4 Å². The Kier molecular flexibility index (Phi) is 3.36. The zero-order valence-corrected chi connectivity index (χ0v) is 11.2. The highest BCUT2D eigenvalue weighted by Gasteiger charge is 2.28. The Labute approximate surface area is 115 Å². The fourth-order valence-electron chi connectivity index (χ4n) is 1.93. The summed E-state index contributed by atoms with van der Waals surface area (Å²) in [6, 6.07) is 0. The van der Waals surface area contributed by atoms with Crippen LogP contribution in [-0.2, 0) is 4.79 Å². The fourth-order valence-corrected chi connectivity index (χ4v) is 1.93. The minimum Gasteiger partial charge on any atom is -0.366 e. The molecule has 0 aromatic carbocycles. The lowest BCUT2D eigenvalue weighted by Crippen LogP contribution is -2.30. The number of H-pyrrole nitrogens is 1. The minimum atomic E-state index is 0.150. The Hall–Kier alpha value is -2.38. The van der Waals surface area contributed by atoms with Gasteiger partial charge in [-0.2, -0.15) is 9.97 Å². The molecule has 0 radical (unpaired) electrons. The summed E-state index contributed by atoms with van der Waals surface area (Å²) in [4.78, 5) is 27.2. The summed E-state index contributed by atoms with van der Waals surface area (Å²) in [6.45, 7) is 1.18. The summed E-state index contributed by atoms with van der Waals surface area (Å²) >= 11 is 0. The van der Waals surface area contributed by atoms with Gasteiger partial charge in [-0.15, -0.1) is 0 Å². The third-order valence-electron chi connectivity index (χ3n) is 3.17. The van der Waals surface area contributed by atoms with Crippen molar-refractivity contribution in [3.63, 3.8) is 0 Å². The van der Waals surface area contributed by atoms with Crippen LogP contribution in [0.25, 0.3) is 11.2 Å². The second-order valence-electron chi connectivity index (χ2n) is 4.74. The van der Waals surface area contributed by atoms with Gasteiger partial charge in [-0.25, -0.2) is 4.98 Å². The maximum Gasteiger partial charge on any atom is 0.226 e. The van der Waals surface area contributed by atoms with Crippen molar-refractivity contribution in [2.45, 2.75) is 12.8 Å². The number of amides is 1. The number of hydrogen-bond acceptors (Lipinski definition) is 6. The third-order valence-corrected chi connectivity index (χ3v) is 3.17. The Morgan fingerprint density at radius 1 is 1.40 bits per heavy atom. The van der Waals surface area contributed by atoms with E-state index in [9.17, 15) is 4.79 Å². The van der Waals surface area contributed by atoms with Crippen molar-refractivity contribution in [1.82, 2.24) is 25.3 Å². The van der Waals surface area contributed by atoms with E-state index >= 15 is 0 Å². The number of imidazole rings is 1. The summed E-state index contributed by atoms with van der Waals surface area (Å²) in [5.74, 6) is 1.58. The first-order valence-electron chi connectivity index (χ1n) is 6.68. The summed E-state index contributed by atoms with van der Waals surface area (Å²) in [5.41, 5.74) is 1.37. The average Bonchev–Trinajstić information content (AvgIpc) is 3.21. The predicted octanol–water partition coefficient (Wildman–Crippen LogP) is 0.333. The molecule has 0 saturated heterocycles. The van der Waals surface area contributed by atoms with Crippen LogP contribution in [0, 0.1) is 5.92 Å². The first kappa shape index (κ1) is 12.6. The molecule has 0 unspecified atom stereocenters. The third kappa shape index (κ3) is 2.63. The van der Waals surface area contributed by atoms with Crippen molar-refractivity contribution >= 4 is 28.8 Å². The predicted molar refractivity (Wildman–Crippen MR) is 75.5 cm³/mol. The number of nitrogens with one attached hydrogen (secondary N) is 4. The average molecular weight is 275 g/mol. The van der Waals surface area contributed by atoms with Gasteiger partial charge in [-0.1, -0.05) is 0 Å². The number of fused-ring (bicyclic) bond motifs is 1. The molecule has 1 aliphatic rings. The van der Waals surface area contributed by atoms with Crippen LogP contribution in [0.4, 0.5) is 11.8 Å². The lowest BCUT2D eigenvalue weighted by molar-refractivity contribution is -0.122. The van der Waals surface area contributed by atoms with Crippen LogP contribution in [0.15, 0.2) is 6.33 Å². The number of carbonyl (C=O) groups excluding carboxylic acids is 1. The minimum absolute atomic E-state index is 0.150. The van der Waals surface area contributed by atoms with E-state index in [1.165, 1.54) is 0 Å².